The number of hydrogen-bond acceptors (Lipinski definition) is 4. The number of rotatable bonds is 5. The lowest BCUT2D eigenvalue weighted by molar-refractivity contribution is 0.0749. The van der Waals surface area contributed by atoms with Gasteiger partial charge < -0.3 is 4.90 Å². The molecule has 3 rings (SSSR count). The van der Waals surface area contributed by atoms with Gasteiger partial charge in [0.25, 0.3) is 5.91 Å². The fourth-order valence-electron chi connectivity index (χ4n) is 3.04. The molecular weight excluding hydrogens is 328 g/mol. The minimum Gasteiger partial charge on any atom is -0.335 e. The Balaban J connectivity index is 1.70. The van der Waals surface area contributed by atoms with Crippen molar-refractivity contribution < 1.29 is 13.2 Å². The first-order valence-electron chi connectivity index (χ1n) is 7.80. The van der Waals surface area contributed by atoms with Gasteiger partial charge in [0.1, 0.15) is 0 Å². The number of amides is 1. The molecule has 1 aliphatic rings. The average molecular weight is 348 g/mol. The van der Waals surface area contributed by atoms with Gasteiger partial charge in [-0.15, -0.1) is 0 Å². The second-order valence-electron chi connectivity index (χ2n) is 6.02. The summed E-state index contributed by atoms with van der Waals surface area (Å²) in [7, 11) is -3.60. The van der Waals surface area contributed by atoms with Gasteiger partial charge in [-0.1, -0.05) is 12.1 Å². The second kappa shape index (κ2) is 6.74. The van der Waals surface area contributed by atoms with Crippen molar-refractivity contribution in [3.8, 4) is 0 Å². The Labute approximate surface area is 141 Å². The van der Waals surface area contributed by atoms with E-state index in [1.807, 2.05) is 24.4 Å². The molecule has 8 heteroatoms. The van der Waals surface area contributed by atoms with E-state index >= 15 is 0 Å². The van der Waals surface area contributed by atoms with E-state index in [9.17, 15) is 13.2 Å². The molecule has 2 aromatic rings. The highest BCUT2D eigenvalue weighted by molar-refractivity contribution is 7.89. The van der Waals surface area contributed by atoms with Gasteiger partial charge in [0.15, 0.2) is 0 Å². The van der Waals surface area contributed by atoms with Crippen LogP contribution in [0.5, 0.6) is 0 Å². The number of likely N-dealkylation sites (tertiary alicyclic amines) is 1. The molecule has 1 unspecified atom stereocenters. The summed E-state index contributed by atoms with van der Waals surface area (Å²) in [6.07, 6.45) is 5.06. The largest absolute Gasteiger partial charge is 0.335 e. The maximum atomic E-state index is 12.6. The summed E-state index contributed by atoms with van der Waals surface area (Å²) in [5.74, 6) is -0.331. The number of carbonyl (C=O) groups is 1. The third-order valence-electron chi connectivity index (χ3n) is 4.17. The fraction of sp³-hybridized carbons (Fsp3) is 0.375. The van der Waals surface area contributed by atoms with Crippen molar-refractivity contribution in [2.24, 2.45) is 5.14 Å². The van der Waals surface area contributed by atoms with Crippen molar-refractivity contribution in [1.29, 1.82) is 0 Å². The Morgan fingerprint density at radius 1 is 1.29 bits per heavy atom. The molecule has 2 heterocycles. The Hall–Kier alpha value is -2.19. The van der Waals surface area contributed by atoms with Gasteiger partial charge in [-0.2, -0.15) is 5.10 Å². The molecule has 24 heavy (non-hydrogen) atoms. The van der Waals surface area contributed by atoms with Crippen LogP contribution in [0.2, 0.25) is 0 Å². The van der Waals surface area contributed by atoms with Crippen LogP contribution in [0.15, 0.2) is 42.7 Å². The number of hydrogen-bond donors (Lipinski definition) is 1. The molecule has 1 saturated heterocycles. The topological polar surface area (TPSA) is 98.3 Å². The molecule has 1 fully saturated rings. The fourth-order valence-corrected chi connectivity index (χ4v) is 3.93. The third kappa shape index (κ3) is 4.01. The van der Waals surface area contributed by atoms with Gasteiger partial charge in [-0.3, -0.25) is 9.48 Å². The van der Waals surface area contributed by atoms with E-state index in [1.165, 1.54) is 0 Å². The van der Waals surface area contributed by atoms with Gasteiger partial charge in [0.2, 0.25) is 10.0 Å². The highest BCUT2D eigenvalue weighted by Gasteiger charge is 2.31. The molecule has 128 valence electrons. The van der Waals surface area contributed by atoms with E-state index in [4.69, 9.17) is 5.14 Å². The molecule has 0 aliphatic carbocycles. The first kappa shape index (κ1) is 16.7. The minimum atomic E-state index is -3.60. The van der Waals surface area contributed by atoms with Crippen molar-refractivity contribution in [2.75, 3.05) is 12.3 Å². The van der Waals surface area contributed by atoms with E-state index < -0.39 is 10.0 Å². The second-order valence-corrected chi connectivity index (χ2v) is 7.68. The summed E-state index contributed by atoms with van der Waals surface area (Å²) in [5.41, 5.74) is 1.60. The van der Waals surface area contributed by atoms with E-state index in [1.54, 1.807) is 27.9 Å². The number of primary sulfonamides is 1. The quantitative estimate of drug-likeness (QED) is 0.865. The van der Waals surface area contributed by atoms with Gasteiger partial charge >= 0.3 is 0 Å². The molecule has 2 N–H and O–H groups in total. The van der Waals surface area contributed by atoms with Crippen molar-refractivity contribution in [1.82, 2.24) is 14.7 Å². The van der Waals surface area contributed by atoms with Crippen molar-refractivity contribution in [3.05, 3.63) is 53.9 Å². The monoisotopic (exact) mass is 348 g/mol. The maximum Gasteiger partial charge on any atom is 0.254 e. The standard InChI is InChI=1S/C16H20N4O3S/c17-24(22,23)12-15-3-1-10-20(15)16(21)14-6-4-13(5-7-14)11-19-9-2-8-18-19/h2,4-9,15H,1,3,10-12H2,(H2,17,22,23). The highest BCUT2D eigenvalue weighted by atomic mass is 32.2. The summed E-state index contributed by atoms with van der Waals surface area (Å²) in [6, 6.07) is 8.84. The SMILES string of the molecule is NS(=O)(=O)CC1CCCN1C(=O)c1ccc(Cn2cccn2)cc1. The number of benzene rings is 1. The average Bonchev–Trinajstić information content (AvgIpc) is 3.17. The Morgan fingerprint density at radius 3 is 2.67 bits per heavy atom. The minimum absolute atomic E-state index is 0.146. The molecule has 1 aromatic heterocycles. The van der Waals surface area contributed by atoms with Crippen LogP contribution >= 0.6 is 0 Å². The van der Waals surface area contributed by atoms with Gasteiger partial charge in [0.05, 0.1) is 12.3 Å². The summed E-state index contributed by atoms with van der Waals surface area (Å²) in [4.78, 5) is 14.3. The third-order valence-corrected chi connectivity index (χ3v) is 5.02. The first-order valence-corrected chi connectivity index (χ1v) is 9.52. The molecule has 0 spiro atoms. The van der Waals surface area contributed by atoms with E-state index in [0.29, 0.717) is 25.1 Å². The number of nitrogens with two attached hydrogens (primary N) is 1. The van der Waals surface area contributed by atoms with Gasteiger partial charge in [0, 0.05) is 30.5 Å². The normalized spacial score (nSPS) is 18.0. The zero-order valence-corrected chi connectivity index (χ0v) is 14.0. The molecule has 0 bridgehead atoms. The summed E-state index contributed by atoms with van der Waals surface area (Å²) < 4.78 is 24.4. The Kier molecular flexibility index (Phi) is 4.68. The molecule has 0 radical (unpaired) electrons. The van der Waals surface area contributed by atoms with Crippen molar-refractivity contribution >= 4 is 15.9 Å². The van der Waals surface area contributed by atoms with Crippen LogP contribution in [0.4, 0.5) is 0 Å². The lowest BCUT2D eigenvalue weighted by Gasteiger charge is -2.24. The molecule has 7 nitrogen and oxygen atoms in total. The number of nitrogens with zero attached hydrogens (tertiary/aromatic N) is 3. The van der Waals surface area contributed by atoms with Gasteiger partial charge in [-0.05, 0) is 36.6 Å². The number of sulfonamides is 1. The lowest BCUT2D eigenvalue weighted by Crippen LogP contribution is -2.41. The van der Waals surface area contributed by atoms with Gasteiger partial charge in [-0.25, -0.2) is 13.6 Å². The highest BCUT2D eigenvalue weighted by Crippen LogP contribution is 2.21. The van der Waals surface area contributed by atoms with Crippen LogP contribution in [-0.2, 0) is 16.6 Å². The van der Waals surface area contributed by atoms with E-state index in [-0.39, 0.29) is 17.7 Å². The van der Waals surface area contributed by atoms with Crippen molar-refractivity contribution in [3.63, 3.8) is 0 Å². The number of carbonyl (C=O) groups excluding carboxylic acids is 1. The van der Waals surface area contributed by atoms with Crippen LogP contribution in [0.25, 0.3) is 0 Å². The first-order chi connectivity index (χ1) is 11.4. The lowest BCUT2D eigenvalue weighted by atomic mass is 10.1. The molecule has 1 aliphatic heterocycles. The number of aromatic nitrogens is 2. The smallest absolute Gasteiger partial charge is 0.254 e. The molecule has 0 saturated carbocycles. The predicted molar refractivity (Wildman–Crippen MR) is 89.8 cm³/mol. The van der Waals surface area contributed by atoms with Crippen LogP contribution in [0.1, 0.15) is 28.8 Å². The molecule has 1 amide bonds. The molecule has 1 aromatic carbocycles. The summed E-state index contributed by atoms with van der Waals surface area (Å²) in [6.45, 7) is 1.20. The predicted octanol–water partition coefficient (Wildman–Crippen LogP) is 0.825. The Bertz CT molecular complexity index is 800. The molecular formula is C16H20N4O3S. The van der Waals surface area contributed by atoms with Crippen LogP contribution < -0.4 is 5.14 Å². The zero-order valence-electron chi connectivity index (χ0n) is 13.2. The summed E-state index contributed by atoms with van der Waals surface area (Å²) >= 11 is 0. The maximum absolute atomic E-state index is 12.6. The van der Waals surface area contributed by atoms with E-state index in [2.05, 4.69) is 5.10 Å². The van der Waals surface area contributed by atoms with Crippen LogP contribution in [0.3, 0.4) is 0 Å². The molecule has 1 atom stereocenters. The van der Waals surface area contributed by atoms with Crippen LogP contribution in [0, 0.1) is 0 Å². The zero-order chi connectivity index (χ0) is 17.2. The Morgan fingerprint density at radius 2 is 2.04 bits per heavy atom. The van der Waals surface area contributed by atoms with E-state index in [0.717, 1.165) is 12.0 Å². The summed E-state index contributed by atoms with van der Waals surface area (Å²) in [5, 5.41) is 9.28. The van der Waals surface area contributed by atoms with Crippen molar-refractivity contribution in [2.45, 2.75) is 25.4 Å². The van der Waals surface area contributed by atoms with Crippen LogP contribution in [-0.4, -0.2) is 47.3 Å².